The molecular weight excluding hydrogens is 240 g/mol. The number of allylic oxidation sites excluding steroid dienone is 2. The second-order valence-corrected chi connectivity index (χ2v) is 5.67. The highest BCUT2D eigenvalue weighted by molar-refractivity contribution is 9.09. The topological polar surface area (TPSA) is 9.23 Å². The third-order valence-electron chi connectivity index (χ3n) is 3.71. The van der Waals surface area contributed by atoms with Crippen LogP contribution in [0.15, 0.2) is 24.3 Å². The van der Waals surface area contributed by atoms with Crippen molar-refractivity contribution in [3.8, 4) is 0 Å². The van der Waals surface area contributed by atoms with Crippen molar-refractivity contribution < 1.29 is 4.74 Å². The summed E-state index contributed by atoms with van der Waals surface area (Å²) in [7, 11) is 0. The molecule has 2 aliphatic carbocycles. The molecule has 0 N–H and O–H groups in total. The average molecular weight is 255 g/mol. The molecular formula is C12H15BrO. The first kappa shape index (κ1) is 9.17. The maximum absolute atomic E-state index is 6.04. The molecule has 14 heavy (non-hydrogen) atoms. The molecule has 1 saturated heterocycles. The highest BCUT2D eigenvalue weighted by Gasteiger charge is 2.46. The van der Waals surface area contributed by atoms with Crippen LogP contribution in [0.1, 0.15) is 19.3 Å². The van der Waals surface area contributed by atoms with Gasteiger partial charge < -0.3 is 4.74 Å². The van der Waals surface area contributed by atoms with Gasteiger partial charge >= 0.3 is 0 Å². The third-order valence-corrected chi connectivity index (χ3v) is 4.69. The fraction of sp³-hybridized carbons (Fsp3) is 0.667. The number of fused-ring (bicyclic) bond motifs is 3. The largest absolute Gasteiger partial charge is 0.366 e. The van der Waals surface area contributed by atoms with Crippen molar-refractivity contribution >= 4 is 15.9 Å². The number of alkyl halides is 1. The number of rotatable bonds is 0. The summed E-state index contributed by atoms with van der Waals surface area (Å²) >= 11 is 3.80. The molecule has 1 fully saturated rings. The lowest BCUT2D eigenvalue weighted by molar-refractivity contribution is 0.0789. The van der Waals surface area contributed by atoms with Crippen molar-refractivity contribution in [1.29, 1.82) is 0 Å². The maximum atomic E-state index is 6.04. The molecule has 0 bridgehead atoms. The second-order valence-electron chi connectivity index (χ2n) is 4.49. The molecule has 1 aliphatic heterocycles. The van der Waals surface area contributed by atoms with Gasteiger partial charge in [-0.1, -0.05) is 40.2 Å². The zero-order valence-corrected chi connectivity index (χ0v) is 9.69. The molecule has 76 valence electrons. The minimum atomic E-state index is 0.367. The summed E-state index contributed by atoms with van der Waals surface area (Å²) in [5, 5.41) is 0. The summed E-state index contributed by atoms with van der Waals surface area (Å²) in [6, 6.07) is 0. The van der Waals surface area contributed by atoms with Crippen molar-refractivity contribution in [3.63, 3.8) is 0 Å². The van der Waals surface area contributed by atoms with Crippen LogP contribution in [0.25, 0.3) is 0 Å². The molecule has 2 heteroatoms. The quantitative estimate of drug-likeness (QED) is 0.477. The van der Waals surface area contributed by atoms with E-state index in [9.17, 15) is 0 Å². The molecule has 1 nitrogen and oxygen atoms in total. The Morgan fingerprint density at radius 2 is 2.00 bits per heavy atom. The fourth-order valence-electron chi connectivity index (χ4n) is 3.05. The summed E-state index contributed by atoms with van der Waals surface area (Å²) in [5.41, 5.74) is 0. The van der Waals surface area contributed by atoms with Crippen LogP contribution < -0.4 is 0 Å². The molecule has 0 aromatic carbocycles. The fourth-order valence-corrected chi connectivity index (χ4v) is 3.96. The standard InChI is InChI=1S/C12H15BrO/c13-9-5-3-7-11-12(9)8-4-1-2-6-10(8)14-11/h2-3,6-12H,1,4-5H2. The number of hydrogen-bond donors (Lipinski definition) is 0. The third kappa shape index (κ3) is 1.31. The Bertz CT molecular complexity index is 284. The van der Waals surface area contributed by atoms with E-state index in [0.29, 0.717) is 23.0 Å². The molecule has 0 spiro atoms. The highest BCUT2D eigenvalue weighted by atomic mass is 79.9. The van der Waals surface area contributed by atoms with Gasteiger partial charge in [-0.2, -0.15) is 0 Å². The lowest BCUT2D eigenvalue weighted by atomic mass is 9.77. The van der Waals surface area contributed by atoms with Gasteiger partial charge in [0, 0.05) is 10.7 Å². The van der Waals surface area contributed by atoms with Crippen molar-refractivity contribution in [2.24, 2.45) is 11.8 Å². The Hall–Kier alpha value is -0.0800. The first-order valence-electron chi connectivity index (χ1n) is 5.49. The van der Waals surface area contributed by atoms with E-state index in [2.05, 4.69) is 40.2 Å². The first-order valence-corrected chi connectivity index (χ1v) is 6.40. The van der Waals surface area contributed by atoms with Gasteiger partial charge in [0.15, 0.2) is 0 Å². The van der Waals surface area contributed by atoms with E-state index in [-0.39, 0.29) is 0 Å². The van der Waals surface area contributed by atoms with E-state index in [1.807, 2.05) is 0 Å². The minimum absolute atomic E-state index is 0.367. The molecule has 5 atom stereocenters. The smallest absolute Gasteiger partial charge is 0.0806 e. The van der Waals surface area contributed by atoms with Gasteiger partial charge in [0.1, 0.15) is 0 Å². The minimum Gasteiger partial charge on any atom is -0.366 e. The Morgan fingerprint density at radius 3 is 2.93 bits per heavy atom. The predicted molar refractivity (Wildman–Crippen MR) is 60.5 cm³/mol. The van der Waals surface area contributed by atoms with Crippen LogP contribution >= 0.6 is 15.9 Å². The van der Waals surface area contributed by atoms with Crippen LogP contribution in [0, 0.1) is 11.8 Å². The summed E-state index contributed by atoms with van der Waals surface area (Å²) in [6.07, 6.45) is 13.5. The molecule has 0 aromatic rings. The molecule has 0 saturated carbocycles. The Balaban J connectivity index is 1.90. The van der Waals surface area contributed by atoms with Crippen LogP contribution in [0.2, 0.25) is 0 Å². The van der Waals surface area contributed by atoms with Crippen LogP contribution in [0.3, 0.4) is 0 Å². The average Bonchev–Trinajstić information content (AvgIpc) is 2.57. The molecule has 1 heterocycles. The van der Waals surface area contributed by atoms with Gasteiger partial charge in [-0.15, -0.1) is 0 Å². The monoisotopic (exact) mass is 254 g/mol. The molecule has 0 radical (unpaired) electrons. The molecule has 5 unspecified atom stereocenters. The SMILES string of the molecule is BrC1CC=CC2OC3C=CCCC3C12. The normalized spacial score (nSPS) is 50.2. The maximum Gasteiger partial charge on any atom is 0.0806 e. The summed E-state index contributed by atoms with van der Waals surface area (Å²) in [5.74, 6) is 1.45. The van der Waals surface area contributed by atoms with Crippen molar-refractivity contribution in [3.05, 3.63) is 24.3 Å². The van der Waals surface area contributed by atoms with Crippen LogP contribution in [-0.4, -0.2) is 17.0 Å². The van der Waals surface area contributed by atoms with Gasteiger partial charge in [0.25, 0.3) is 0 Å². The Labute approximate surface area is 93.3 Å². The Kier molecular flexibility index (Phi) is 2.29. The van der Waals surface area contributed by atoms with Crippen LogP contribution in [-0.2, 0) is 4.74 Å². The zero-order chi connectivity index (χ0) is 9.54. The zero-order valence-electron chi connectivity index (χ0n) is 8.10. The number of ether oxygens (including phenoxy) is 1. The summed E-state index contributed by atoms with van der Waals surface area (Å²) < 4.78 is 6.04. The lowest BCUT2D eigenvalue weighted by Gasteiger charge is -2.29. The molecule has 0 aromatic heterocycles. The number of hydrogen-bond acceptors (Lipinski definition) is 1. The van der Waals surface area contributed by atoms with E-state index in [0.717, 1.165) is 12.3 Å². The molecule has 3 rings (SSSR count). The van der Waals surface area contributed by atoms with E-state index >= 15 is 0 Å². The van der Waals surface area contributed by atoms with E-state index in [1.165, 1.54) is 12.8 Å². The summed E-state index contributed by atoms with van der Waals surface area (Å²) in [4.78, 5) is 0.624. The van der Waals surface area contributed by atoms with Gasteiger partial charge in [0.2, 0.25) is 0 Å². The van der Waals surface area contributed by atoms with Crippen molar-refractivity contribution in [2.45, 2.75) is 36.3 Å². The van der Waals surface area contributed by atoms with E-state index in [1.54, 1.807) is 0 Å². The van der Waals surface area contributed by atoms with Crippen molar-refractivity contribution in [2.75, 3.05) is 0 Å². The number of halogens is 1. The molecule has 0 amide bonds. The van der Waals surface area contributed by atoms with Crippen LogP contribution in [0.5, 0.6) is 0 Å². The summed E-state index contributed by atoms with van der Waals surface area (Å²) in [6.45, 7) is 0. The van der Waals surface area contributed by atoms with Gasteiger partial charge in [0.05, 0.1) is 12.2 Å². The van der Waals surface area contributed by atoms with Gasteiger partial charge in [-0.25, -0.2) is 0 Å². The highest BCUT2D eigenvalue weighted by Crippen LogP contribution is 2.45. The van der Waals surface area contributed by atoms with E-state index < -0.39 is 0 Å². The second kappa shape index (κ2) is 3.49. The van der Waals surface area contributed by atoms with Gasteiger partial charge in [-0.3, -0.25) is 0 Å². The lowest BCUT2D eigenvalue weighted by Crippen LogP contribution is -2.31. The van der Waals surface area contributed by atoms with Gasteiger partial charge in [-0.05, 0) is 25.2 Å². The van der Waals surface area contributed by atoms with Crippen LogP contribution in [0.4, 0.5) is 0 Å². The first-order chi connectivity index (χ1) is 6.86. The van der Waals surface area contributed by atoms with E-state index in [4.69, 9.17) is 4.74 Å². The predicted octanol–water partition coefficient (Wildman–Crippen LogP) is 3.06. The Morgan fingerprint density at radius 1 is 1.14 bits per heavy atom. The molecule has 3 aliphatic rings. The van der Waals surface area contributed by atoms with Crippen molar-refractivity contribution in [1.82, 2.24) is 0 Å².